The number of rotatable bonds is 1. The Balaban J connectivity index is 2.52. The second-order valence-corrected chi connectivity index (χ2v) is 3.88. The highest BCUT2D eigenvalue weighted by Crippen LogP contribution is 2.31. The van der Waals surface area contributed by atoms with Crippen molar-refractivity contribution in [2.45, 2.75) is 6.18 Å². The smallest absolute Gasteiger partial charge is 0.433 e. The molecule has 0 aliphatic rings. The Morgan fingerprint density at radius 1 is 1.06 bits per heavy atom. The molecular weight excluding hydrogens is 269 g/mol. The zero-order valence-corrected chi connectivity index (χ0v) is 9.50. The van der Waals surface area contributed by atoms with E-state index in [4.69, 9.17) is 11.6 Å². The standard InChI is InChI=1S/C11H6ClF3N2O/c12-7-3-1-6(2-4-7)10-16-8(11(13,14)15)5-9(18)17-10/h1-5H,(H,16,17,18). The highest BCUT2D eigenvalue weighted by Gasteiger charge is 2.33. The van der Waals surface area contributed by atoms with E-state index in [-0.39, 0.29) is 5.82 Å². The first-order chi connectivity index (χ1) is 8.36. The average Bonchev–Trinajstić information content (AvgIpc) is 2.28. The third kappa shape index (κ3) is 2.70. The van der Waals surface area contributed by atoms with Gasteiger partial charge in [-0.15, -0.1) is 0 Å². The molecule has 0 bridgehead atoms. The van der Waals surface area contributed by atoms with E-state index in [2.05, 4.69) is 9.97 Å². The molecule has 2 rings (SSSR count). The first-order valence-corrected chi connectivity index (χ1v) is 5.15. The van der Waals surface area contributed by atoms with E-state index in [1.165, 1.54) is 24.3 Å². The molecule has 1 aromatic carbocycles. The molecular formula is C11H6ClF3N2O. The molecule has 0 atom stereocenters. The molecule has 1 N–H and O–H groups in total. The minimum Gasteiger partial charge on any atom is -0.493 e. The minimum absolute atomic E-state index is 0.209. The van der Waals surface area contributed by atoms with Crippen LogP contribution in [-0.2, 0) is 6.18 Å². The van der Waals surface area contributed by atoms with E-state index in [0.29, 0.717) is 16.7 Å². The summed E-state index contributed by atoms with van der Waals surface area (Å²) in [6, 6.07) is 6.41. The Kier molecular flexibility index (Phi) is 3.13. The van der Waals surface area contributed by atoms with Gasteiger partial charge >= 0.3 is 6.18 Å². The third-order valence-corrected chi connectivity index (χ3v) is 2.36. The second kappa shape index (κ2) is 4.45. The number of hydrogen-bond donors (Lipinski definition) is 1. The lowest BCUT2D eigenvalue weighted by atomic mass is 10.2. The molecule has 0 radical (unpaired) electrons. The lowest BCUT2D eigenvalue weighted by molar-refractivity contribution is -0.141. The number of benzene rings is 1. The van der Waals surface area contributed by atoms with Crippen molar-refractivity contribution in [2.24, 2.45) is 0 Å². The maximum absolute atomic E-state index is 12.5. The highest BCUT2D eigenvalue weighted by molar-refractivity contribution is 6.30. The predicted molar refractivity (Wildman–Crippen MR) is 59.1 cm³/mol. The molecule has 18 heavy (non-hydrogen) atoms. The number of nitrogens with zero attached hydrogens (tertiary/aromatic N) is 2. The highest BCUT2D eigenvalue weighted by atomic mass is 35.5. The summed E-state index contributed by atoms with van der Waals surface area (Å²) in [7, 11) is 0. The van der Waals surface area contributed by atoms with E-state index in [1.54, 1.807) is 0 Å². The number of aromatic nitrogens is 2. The van der Waals surface area contributed by atoms with Gasteiger partial charge in [-0.25, -0.2) is 4.98 Å². The van der Waals surface area contributed by atoms with Gasteiger partial charge in [0.15, 0.2) is 11.5 Å². The Morgan fingerprint density at radius 2 is 1.67 bits per heavy atom. The molecule has 0 aliphatic carbocycles. The van der Waals surface area contributed by atoms with Gasteiger partial charge in [-0.3, -0.25) is 0 Å². The van der Waals surface area contributed by atoms with Crippen LogP contribution in [0.15, 0.2) is 30.3 Å². The molecule has 0 saturated heterocycles. The lowest BCUT2D eigenvalue weighted by Crippen LogP contribution is -2.09. The fourth-order valence-corrected chi connectivity index (χ4v) is 1.43. The molecule has 0 unspecified atom stereocenters. The van der Waals surface area contributed by atoms with Gasteiger partial charge in [-0.2, -0.15) is 18.2 Å². The topological polar surface area (TPSA) is 46.0 Å². The molecule has 0 spiro atoms. The Morgan fingerprint density at radius 3 is 2.22 bits per heavy atom. The van der Waals surface area contributed by atoms with Crippen LogP contribution in [0.5, 0.6) is 5.88 Å². The maximum atomic E-state index is 12.5. The fourth-order valence-electron chi connectivity index (χ4n) is 1.31. The maximum Gasteiger partial charge on any atom is 0.433 e. The Hall–Kier alpha value is -1.82. The largest absolute Gasteiger partial charge is 0.493 e. The normalized spacial score (nSPS) is 11.6. The average molecular weight is 275 g/mol. The summed E-state index contributed by atoms with van der Waals surface area (Å²) in [6.07, 6.45) is -4.64. The number of aromatic hydroxyl groups is 1. The van der Waals surface area contributed by atoms with Crippen LogP contribution in [0, 0.1) is 0 Å². The molecule has 7 heteroatoms. The van der Waals surface area contributed by atoms with Gasteiger partial charge in [0.05, 0.1) is 0 Å². The quantitative estimate of drug-likeness (QED) is 0.865. The monoisotopic (exact) mass is 274 g/mol. The Bertz CT molecular complexity index is 569. The first-order valence-electron chi connectivity index (χ1n) is 4.77. The van der Waals surface area contributed by atoms with Crippen molar-refractivity contribution in [1.29, 1.82) is 0 Å². The zero-order valence-electron chi connectivity index (χ0n) is 8.74. The van der Waals surface area contributed by atoms with Crippen LogP contribution in [-0.4, -0.2) is 15.1 Å². The van der Waals surface area contributed by atoms with E-state index in [0.717, 1.165) is 0 Å². The van der Waals surface area contributed by atoms with E-state index in [1.807, 2.05) is 0 Å². The van der Waals surface area contributed by atoms with Crippen molar-refractivity contribution in [3.63, 3.8) is 0 Å². The summed E-state index contributed by atoms with van der Waals surface area (Å²) in [5.41, 5.74) is -0.860. The van der Waals surface area contributed by atoms with Gasteiger partial charge in [-0.05, 0) is 24.3 Å². The van der Waals surface area contributed by atoms with Gasteiger partial charge in [0.25, 0.3) is 0 Å². The minimum atomic E-state index is -4.64. The van der Waals surface area contributed by atoms with Gasteiger partial charge < -0.3 is 5.11 Å². The summed E-state index contributed by atoms with van der Waals surface area (Å²) >= 11 is 5.66. The predicted octanol–water partition coefficient (Wildman–Crippen LogP) is 3.52. The van der Waals surface area contributed by atoms with E-state index in [9.17, 15) is 18.3 Å². The molecule has 1 aromatic heterocycles. The SMILES string of the molecule is Oc1cc(C(F)(F)F)nc(-c2ccc(Cl)cc2)n1. The lowest BCUT2D eigenvalue weighted by Gasteiger charge is -2.08. The van der Waals surface area contributed by atoms with Crippen LogP contribution in [0.3, 0.4) is 0 Å². The van der Waals surface area contributed by atoms with Crippen LogP contribution < -0.4 is 0 Å². The van der Waals surface area contributed by atoms with Crippen molar-refractivity contribution in [3.8, 4) is 17.3 Å². The number of alkyl halides is 3. The van der Waals surface area contributed by atoms with E-state index < -0.39 is 17.8 Å². The fraction of sp³-hybridized carbons (Fsp3) is 0.0909. The summed E-state index contributed by atoms with van der Waals surface area (Å²) < 4.78 is 37.5. The van der Waals surface area contributed by atoms with Crippen molar-refractivity contribution in [3.05, 3.63) is 41.0 Å². The summed E-state index contributed by atoms with van der Waals surface area (Å²) in [5, 5.41) is 9.64. The molecule has 3 nitrogen and oxygen atoms in total. The molecule has 0 amide bonds. The summed E-state index contributed by atoms with van der Waals surface area (Å²) in [6.45, 7) is 0. The van der Waals surface area contributed by atoms with Crippen molar-refractivity contribution < 1.29 is 18.3 Å². The molecule has 94 valence electrons. The van der Waals surface area contributed by atoms with Gasteiger partial charge in [0, 0.05) is 16.7 Å². The Labute approximate surface area is 105 Å². The molecule has 1 heterocycles. The number of halogens is 4. The molecule has 2 aromatic rings. The first kappa shape index (κ1) is 12.6. The van der Waals surface area contributed by atoms with Crippen LogP contribution in [0.4, 0.5) is 13.2 Å². The third-order valence-electron chi connectivity index (χ3n) is 2.11. The van der Waals surface area contributed by atoms with Gasteiger partial charge in [0.1, 0.15) is 0 Å². The second-order valence-electron chi connectivity index (χ2n) is 3.44. The van der Waals surface area contributed by atoms with E-state index >= 15 is 0 Å². The van der Waals surface area contributed by atoms with Crippen molar-refractivity contribution in [2.75, 3.05) is 0 Å². The van der Waals surface area contributed by atoms with Gasteiger partial charge in [-0.1, -0.05) is 11.6 Å². The van der Waals surface area contributed by atoms with Crippen LogP contribution >= 0.6 is 11.6 Å². The van der Waals surface area contributed by atoms with Crippen LogP contribution in [0.25, 0.3) is 11.4 Å². The molecule has 0 saturated carbocycles. The van der Waals surface area contributed by atoms with Gasteiger partial charge in [0.2, 0.25) is 5.88 Å². The zero-order chi connectivity index (χ0) is 13.3. The summed E-state index contributed by atoms with van der Waals surface area (Å²) in [4.78, 5) is 6.91. The molecule has 0 fully saturated rings. The van der Waals surface area contributed by atoms with Crippen molar-refractivity contribution in [1.82, 2.24) is 9.97 Å². The molecule has 0 aliphatic heterocycles. The summed E-state index contributed by atoms with van der Waals surface area (Å²) in [5.74, 6) is -0.943. The van der Waals surface area contributed by atoms with Crippen molar-refractivity contribution >= 4 is 11.6 Å². The van der Waals surface area contributed by atoms with Crippen LogP contribution in [0.2, 0.25) is 5.02 Å². The van der Waals surface area contributed by atoms with Crippen LogP contribution in [0.1, 0.15) is 5.69 Å². The number of hydrogen-bond acceptors (Lipinski definition) is 3.